The van der Waals surface area contributed by atoms with Crippen LogP contribution in [-0.2, 0) is 6.42 Å². The van der Waals surface area contributed by atoms with Crippen molar-refractivity contribution in [3.05, 3.63) is 34.6 Å². The molecule has 1 N–H and O–H groups in total. The Bertz CT molecular complexity index is 390. The van der Waals surface area contributed by atoms with Crippen molar-refractivity contribution in [2.24, 2.45) is 0 Å². The Morgan fingerprint density at radius 2 is 2.00 bits per heavy atom. The molecule has 1 aromatic carbocycles. The third-order valence-electron chi connectivity index (χ3n) is 2.93. The van der Waals surface area contributed by atoms with Crippen molar-refractivity contribution >= 4 is 0 Å². The van der Waals surface area contributed by atoms with E-state index in [0.717, 1.165) is 6.42 Å². The third-order valence-corrected chi connectivity index (χ3v) is 2.93. The van der Waals surface area contributed by atoms with Gasteiger partial charge in [0.25, 0.3) is 0 Å². The molecule has 0 heterocycles. The summed E-state index contributed by atoms with van der Waals surface area (Å²) in [6.45, 7) is 0. The first-order valence-electron chi connectivity index (χ1n) is 4.98. The highest BCUT2D eigenvalue weighted by Gasteiger charge is 2.27. The molecular formula is C11H12F3N. The Hall–Kier alpha value is -1.03. The van der Waals surface area contributed by atoms with E-state index in [0.29, 0.717) is 24.5 Å². The van der Waals surface area contributed by atoms with E-state index in [4.69, 9.17) is 0 Å². The van der Waals surface area contributed by atoms with Crippen LogP contribution in [0.25, 0.3) is 0 Å². The van der Waals surface area contributed by atoms with Crippen LogP contribution in [0.5, 0.6) is 0 Å². The van der Waals surface area contributed by atoms with Gasteiger partial charge >= 0.3 is 0 Å². The average molecular weight is 215 g/mol. The van der Waals surface area contributed by atoms with Crippen LogP contribution in [0.1, 0.15) is 30.0 Å². The zero-order valence-corrected chi connectivity index (χ0v) is 8.41. The first kappa shape index (κ1) is 10.5. The van der Waals surface area contributed by atoms with Crippen LogP contribution in [0, 0.1) is 17.5 Å². The van der Waals surface area contributed by atoms with Crippen LogP contribution in [0.2, 0.25) is 0 Å². The van der Waals surface area contributed by atoms with Gasteiger partial charge in [-0.15, -0.1) is 0 Å². The van der Waals surface area contributed by atoms with Crippen LogP contribution in [0.3, 0.4) is 0 Å². The minimum absolute atomic E-state index is 0.168. The van der Waals surface area contributed by atoms with Gasteiger partial charge in [0.1, 0.15) is 5.82 Å². The Morgan fingerprint density at radius 3 is 2.67 bits per heavy atom. The summed E-state index contributed by atoms with van der Waals surface area (Å²) in [6.07, 6.45) is 1.99. The highest BCUT2D eigenvalue weighted by molar-refractivity contribution is 5.35. The molecule has 2 rings (SSSR count). The molecule has 1 unspecified atom stereocenters. The maximum Gasteiger partial charge on any atom is 0.164 e. The van der Waals surface area contributed by atoms with Gasteiger partial charge in [-0.3, -0.25) is 0 Å². The maximum atomic E-state index is 13.5. The van der Waals surface area contributed by atoms with Crippen molar-refractivity contribution in [3.8, 4) is 0 Å². The lowest BCUT2D eigenvalue weighted by Crippen LogP contribution is -2.24. The minimum Gasteiger partial charge on any atom is -0.313 e. The van der Waals surface area contributed by atoms with Crippen molar-refractivity contribution in [1.82, 2.24) is 5.32 Å². The van der Waals surface area contributed by atoms with E-state index in [1.807, 2.05) is 0 Å². The van der Waals surface area contributed by atoms with Gasteiger partial charge in [0.05, 0.1) is 0 Å². The van der Waals surface area contributed by atoms with E-state index in [9.17, 15) is 13.2 Å². The third kappa shape index (κ3) is 1.63. The summed E-state index contributed by atoms with van der Waals surface area (Å²) in [4.78, 5) is 0. The minimum atomic E-state index is -1.10. The maximum absolute atomic E-state index is 13.5. The number of nitrogens with one attached hydrogen (secondary N) is 1. The summed E-state index contributed by atoms with van der Waals surface area (Å²) >= 11 is 0. The fourth-order valence-electron chi connectivity index (χ4n) is 2.18. The van der Waals surface area contributed by atoms with E-state index < -0.39 is 17.5 Å². The van der Waals surface area contributed by atoms with Gasteiger partial charge in [0.15, 0.2) is 11.6 Å². The molecule has 15 heavy (non-hydrogen) atoms. The average Bonchev–Trinajstić information content (AvgIpc) is 2.25. The van der Waals surface area contributed by atoms with Crippen LogP contribution in [0.4, 0.5) is 13.2 Å². The van der Waals surface area contributed by atoms with Gasteiger partial charge in [0.2, 0.25) is 0 Å². The number of hydrogen-bond donors (Lipinski definition) is 1. The van der Waals surface area contributed by atoms with E-state index >= 15 is 0 Å². The molecular weight excluding hydrogens is 203 g/mol. The number of rotatable bonds is 1. The molecule has 0 spiro atoms. The Balaban J connectivity index is 2.62. The van der Waals surface area contributed by atoms with Gasteiger partial charge < -0.3 is 5.32 Å². The van der Waals surface area contributed by atoms with Crippen LogP contribution >= 0.6 is 0 Å². The van der Waals surface area contributed by atoms with Crippen molar-refractivity contribution in [1.29, 1.82) is 0 Å². The molecule has 4 heteroatoms. The second kappa shape index (κ2) is 3.85. The van der Waals surface area contributed by atoms with E-state index in [1.165, 1.54) is 0 Å². The molecule has 0 amide bonds. The summed E-state index contributed by atoms with van der Waals surface area (Å²) in [5, 5.41) is 2.88. The highest BCUT2D eigenvalue weighted by Crippen LogP contribution is 2.34. The smallest absolute Gasteiger partial charge is 0.164 e. The molecule has 1 atom stereocenters. The Labute approximate surface area is 86.3 Å². The molecule has 0 aromatic heterocycles. The first-order chi connectivity index (χ1) is 7.15. The van der Waals surface area contributed by atoms with Crippen LogP contribution in [-0.4, -0.2) is 7.05 Å². The Morgan fingerprint density at radius 1 is 1.27 bits per heavy atom. The van der Waals surface area contributed by atoms with E-state index in [2.05, 4.69) is 5.32 Å². The fourth-order valence-corrected chi connectivity index (χ4v) is 2.18. The van der Waals surface area contributed by atoms with E-state index in [-0.39, 0.29) is 11.6 Å². The molecule has 1 aliphatic rings. The number of hydrogen-bond acceptors (Lipinski definition) is 1. The summed E-state index contributed by atoms with van der Waals surface area (Å²) in [7, 11) is 1.67. The second-order valence-electron chi connectivity index (χ2n) is 3.78. The number of fused-ring (bicyclic) bond motifs is 1. The van der Waals surface area contributed by atoms with Crippen molar-refractivity contribution in [2.75, 3.05) is 7.05 Å². The van der Waals surface area contributed by atoms with Crippen molar-refractivity contribution in [2.45, 2.75) is 25.3 Å². The van der Waals surface area contributed by atoms with Crippen molar-refractivity contribution < 1.29 is 13.2 Å². The molecule has 0 saturated heterocycles. The molecule has 0 radical (unpaired) electrons. The topological polar surface area (TPSA) is 12.0 Å². The fraction of sp³-hybridized carbons (Fsp3) is 0.455. The molecule has 0 bridgehead atoms. The molecule has 82 valence electrons. The lowest BCUT2D eigenvalue weighted by atomic mass is 9.87. The molecule has 1 aromatic rings. The predicted octanol–water partition coefficient (Wildman–Crippen LogP) is 2.70. The van der Waals surface area contributed by atoms with Crippen LogP contribution < -0.4 is 5.32 Å². The van der Waals surface area contributed by atoms with Crippen LogP contribution in [0.15, 0.2) is 6.07 Å². The normalized spacial score (nSPS) is 20.1. The summed E-state index contributed by atoms with van der Waals surface area (Å²) in [5.41, 5.74) is 0.487. The lowest BCUT2D eigenvalue weighted by Gasteiger charge is -2.26. The van der Waals surface area contributed by atoms with Gasteiger partial charge in [-0.2, -0.15) is 0 Å². The molecule has 1 aliphatic carbocycles. The summed E-state index contributed by atoms with van der Waals surface area (Å²) in [5.74, 6) is -2.65. The molecule has 0 fully saturated rings. The number of benzene rings is 1. The summed E-state index contributed by atoms with van der Waals surface area (Å²) in [6, 6.07) is 0.352. The Kier molecular flexibility index (Phi) is 2.69. The van der Waals surface area contributed by atoms with Gasteiger partial charge in [-0.05, 0) is 31.9 Å². The summed E-state index contributed by atoms with van der Waals surface area (Å²) < 4.78 is 39.9. The second-order valence-corrected chi connectivity index (χ2v) is 3.78. The zero-order valence-electron chi connectivity index (χ0n) is 8.41. The van der Waals surface area contributed by atoms with Gasteiger partial charge in [0, 0.05) is 17.7 Å². The molecule has 0 aliphatic heterocycles. The zero-order chi connectivity index (χ0) is 11.0. The quantitative estimate of drug-likeness (QED) is 0.710. The monoisotopic (exact) mass is 215 g/mol. The largest absolute Gasteiger partial charge is 0.313 e. The molecule has 1 nitrogen and oxygen atoms in total. The SMILES string of the molecule is CNC1CCCc2c(F)cc(F)c(F)c21. The molecule has 0 saturated carbocycles. The van der Waals surface area contributed by atoms with E-state index in [1.54, 1.807) is 7.05 Å². The standard InChI is InChI=1S/C11H12F3N/c1-15-9-4-2-3-6-7(12)5-8(13)11(14)10(6)9/h5,9,15H,2-4H2,1H3. The lowest BCUT2D eigenvalue weighted by molar-refractivity contribution is 0.419. The predicted molar refractivity (Wildman–Crippen MR) is 51.1 cm³/mol. The number of halogens is 3. The first-order valence-corrected chi connectivity index (χ1v) is 4.98. The van der Waals surface area contributed by atoms with Gasteiger partial charge in [-0.25, -0.2) is 13.2 Å². The highest BCUT2D eigenvalue weighted by atomic mass is 19.2. The van der Waals surface area contributed by atoms with Gasteiger partial charge in [-0.1, -0.05) is 0 Å². The van der Waals surface area contributed by atoms with Crippen molar-refractivity contribution in [3.63, 3.8) is 0 Å².